The molecule has 5 nitrogen and oxygen atoms in total. The second-order valence-corrected chi connectivity index (χ2v) is 7.46. The Bertz CT molecular complexity index is 934. The zero-order valence-corrected chi connectivity index (χ0v) is 16.1. The maximum Gasteiger partial charge on any atom is 0.295 e. The molecule has 1 unspecified atom stereocenters. The Labute approximate surface area is 169 Å². The number of hydrogen-bond donors (Lipinski definition) is 1. The number of likely N-dealkylation sites (tertiary alicyclic amines) is 2. The van der Waals surface area contributed by atoms with E-state index < -0.39 is 23.5 Å². The first-order valence-electron chi connectivity index (χ1n) is 9.88. The lowest BCUT2D eigenvalue weighted by molar-refractivity contribution is -0.140. The summed E-state index contributed by atoms with van der Waals surface area (Å²) < 4.78 is 13.3. The molecule has 6 heteroatoms. The molecular weight excluding hydrogens is 371 g/mol. The van der Waals surface area contributed by atoms with E-state index in [1.54, 1.807) is 4.90 Å². The van der Waals surface area contributed by atoms with Crippen LogP contribution in [0.3, 0.4) is 0 Å². The van der Waals surface area contributed by atoms with Crippen LogP contribution in [0.4, 0.5) is 4.39 Å². The molecule has 2 aliphatic rings. The van der Waals surface area contributed by atoms with Gasteiger partial charge in [-0.15, -0.1) is 0 Å². The number of aliphatic hydroxyl groups is 1. The summed E-state index contributed by atoms with van der Waals surface area (Å²) in [6.45, 7) is 3.09. The van der Waals surface area contributed by atoms with Gasteiger partial charge >= 0.3 is 0 Å². The van der Waals surface area contributed by atoms with Crippen LogP contribution in [0.1, 0.15) is 30.0 Å². The predicted octanol–water partition coefficient (Wildman–Crippen LogP) is 3.34. The number of aliphatic hydroxyl groups excluding tert-OH is 1. The molecule has 1 atom stereocenters. The Hall–Kier alpha value is -2.99. The molecule has 2 heterocycles. The van der Waals surface area contributed by atoms with Crippen molar-refractivity contribution in [3.63, 3.8) is 0 Å². The van der Waals surface area contributed by atoms with Gasteiger partial charge in [-0.2, -0.15) is 0 Å². The van der Waals surface area contributed by atoms with Crippen molar-refractivity contribution in [3.05, 3.63) is 77.1 Å². The van der Waals surface area contributed by atoms with Gasteiger partial charge in [0.05, 0.1) is 11.6 Å². The van der Waals surface area contributed by atoms with E-state index in [4.69, 9.17) is 0 Å². The Morgan fingerprint density at radius 2 is 1.62 bits per heavy atom. The molecule has 0 spiro atoms. The van der Waals surface area contributed by atoms with Crippen LogP contribution in [0.5, 0.6) is 0 Å². The normalized spacial score (nSPS) is 21.8. The van der Waals surface area contributed by atoms with Gasteiger partial charge in [-0.3, -0.25) is 9.59 Å². The zero-order chi connectivity index (χ0) is 20.4. The summed E-state index contributed by atoms with van der Waals surface area (Å²) in [6.07, 6.45) is 2.29. The van der Waals surface area contributed by atoms with E-state index in [0.29, 0.717) is 18.7 Å². The summed E-state index contributed by atoms with van der Waals surface area (Å²) in [7, 11) is 0. The van der Waals surface area contributed by atoms with Crippen LogP contribution in [-0.4, -0.2) is 52.8 Å². The van der Waals surface area contributed by atoms with Crippen molar-refractivity contribution >= 4 is 17.4 Å². The smallest absolute Gasteiger partial charge is 0.295 e. The molecule has 2 aliphatic heterocycles. The van der Waals surface area contributed by atoms with Crippen LogP contribution in [-0.2, 0) is 9.59 Å². The number of carbonyl (C=O) groups excluding carboxylic acids is 2. The SMILES string of the molecule is O=C1C(=O)N(CCN2CCCC2)C(c2ccccc2)/C1=C(\O)c1ccc(F)cc1. The Balaban J connectivity index is 1.74. The highest BCUT2D eigenvalue weighted by Gasteiger charge is 2.45. The predicted molar refractivity (Wildman–Crippen MR) is 108 cm³/mol. The summed E-state index contributed by atoms with van der Waals surface area (Å²) in [4.78, 5) is 29.6. The fraction of sp³-hybridized carbons (Fsp3) is 0.304. The average molecular weight is 394 g/mol. The number of nitrogens with zero attached hydrogens (tertiary/aromatic N) is 2. The quantitative estimate of drug-likeness (QED) is 0.480. The molecule has 2 aromatic carbocycles. The fourth-order valence-electron chi connectivity index (χ4n) is 4.11. The number of benzene rings is 2. The highest BCUT2D eigenvalue weighted by Crippen LogP contribution is 2.39. The molecule has 0 aromatic heterocycles. The molecule has 1 N–H and O–H groups in total. The third-order valence-electron chi connectivity index (χ3n) is 5.63. The van der Waals surface area contributed by atoms with E-state index in [2.05, 4.69) is 4.90 Å². The van der Waals surface area contributed by atoms with Gasteiger partial charge in [-0.05, 0) is 55.8 Å². The van der Waals surface area contributed by atoms with Gasteiger partial charge in [-0.1, -0.05) is 30.3 Å². The summed E-state index contributed by atoms with van der Waals surface area (Å²) in [5, 5.41) is 10.9. The molecule has 29 heavy (non-hydrogen) atoms. The van der Waals surface area contributed by atoms with E-state index >= 15 is 0 Å². The van der Waals surface area contributed by atoms with Gasteiger partial charge in [0, 0.05) is 18.7 Å². The minimum Gasteiger partial charge on any atom is -0.507 e. The summed E-state index contributed by atoms with van der Waals surface area (Å²) in [5.74, 6) is -2.03. The first-order chi connectivity index (χ1) is 14.1. The van der Waals surface area contributed by atoms with Crippen molar-refractivity contribution in [1.82, 2.24) is 9.80 Å². The number of ketones is 1. The molecule has 2 saturated heterocycles. The lowest BCUT2D eigenvalue weighted by Gasteiger charge is -2.27. The van der Waals surface area contributed by atoms with Crippen molar-refractivity contribution in [2.24, 2.45) is 0 Å². The number of rotatable bonds is 5. The maximum atomic E-state index is 13.3. The van der Waals surface area contributed by atoms with Crippen molar-refractivity contribution in [2.75, 3.05) is 26.2 Å². The number of halogens is 1. The van der Waals surface area contributed by atoms with E-state index in [0.717, 1.165) is 31.5 Å². The van der Waals surface area contributed by atoms with Gasteiger partial charge < -0.3 is 14.9 Å². The van der Waals surface area contributed by atoms with Crippen molar-refractivity contribution < 1.29 is 19.1 Å². The van der Waals surface area contributed by atoms with Crippen LogP contribution in [0.25, 0.3) is 5.76 Å². The Morgan fingerprint density at radius 3 is 2.28 bits per heavy atom. The Kier molecular flexibility index (Phi) is 5.45. The lowest BCUT2D eigenvalue weighted by Crippen LogP contribution is -2.37. The monoisotopic (exact) mass is 394 g/mol. The highest BCUT2D eigenvalue weighted by molar-refractivity contribution is 6.46. The molecule has 1 amide bonds. The van der Waals surface area contributed by atoms with E-state index in [-0.39, 0.29) is 11.3 Å². The van der Waals surface area contributed by atoms with Gasteiger partial charge in [-0.25, -0.2) is 4.39 Å². The molecule has 2 fully saturated rings. The van der Waals surface area contributed by atoms with Crippen molar-refractivity contribution in [1.29, 1.82) is 0 Å². The molecule has 0 bridgehead atoms. The average Bonchev–Trinajstić information content (AvgIpc) is 3.34. The summed E-state index contributed by atoms with van der Waals surface area (Å²) in [6, 6.07) is 13.8. The minimum atomic E-state index is -0.706. The third kappa shape index (κ3) is 3.80. The molecule has 150 valence electrons. The topological polar surface area (TPSA) is 60.9 Å². The Morgan fingerprint density at radius 1 is 0.966 bits per heavy atom. The minimum absolute atomic E-state index is 0.0502. The standard InChI is InChI=1S/C23H23FN2O3/c24-18-10-8-17(9-11-18)21(27)19-20(16-6-2-1-3-7-16)26(23(29)22(19)28)15-14-25-12-4-5-13-25/h1-3,6-11,20,27H,4-5,12-15H2/b21-19+. The van der Waals surface area contributed by atoms with Crippen molar-refractivity contribution in [3.8, 4) is 0 Å². The first kappa shape index (κ1) is 19.3. The molecule has 0 aliphatic carbocycles. The van der Waals surface area contributed by atoms with Gasteiger partial charge in [0.2, 0.25) is 0 Å². The number of amides is 1. The lowest BCUT2D eigenvalue weighted by atomic mass is 9.95. The van der Waals surface area contributed by atoms with E-state index in [1.807, 2.05) is 30.3 Å². The van der Waals surface area contributed by atoms with Crippen LogP contribution in [0.2, 0.25) is 0 Å². The highest BCUT2D eigenvalue weighted by atomic mass is 19.1. The van der Waals surface area contributed by atoms with Crippen LogP contribution in [0.15, 0.2) is 60.2 Å². The fourth-order valence-corrected chi connectivity index (χ4v) is 4.11. The molecule has 0 saturated carbocycles. The second kappa shape index (κ2) is 8.17. The third-order valence-corrected chi connectivity index (χ3v) is 5.63. The zero-order valence-electron chi connectivity index (χ0n) is 16.1. The second-order valence-electron chi connectivity index (χ2n) is 7.46. The van der Waals surface area contributed by atoms with Gasteiger partial charge in [0.1, 0.15) is 11.6 Å². The maximum absolute atomic E-state index is 13.3. The summed E-state index contributed by atoms with van der Waals surface area (Å²) in [5.41, 5.74) is 1.12. The van der Waals surface area contributed by atoms with E-state index in [9.17, 15) is 19.1 Å². The number of hydrogen-bond acceptors (Lipinski definition) is 4. The van der Waals surface area contributed by atoms with Crippen molar-refractivity contribution in [2.45, 2.75) is 18.9 Å². The molecule has 4 rings (SSSR count). The van der Waals surface area contributed by atoms with Crippen LogP contribution in [0, 0.1) is 5.82 Å². The van der Waals surface area contributed by atoms with Crippen LogP contribution >= 0.6 is 0 Å². The van der Waals surface area contributed by atoms with Crippen LogP contribution < -0.4 is 0 Å². The number of Topliss-reactive ketones (excluding diaryl/α,β-unsaturated/α-hetero) is 1. The van der Waals surface area contributed by atoms with Gasteiger partial charge in [0.15, 0.2) is 0 Å². The number of carbonyl (C=O) groups is 2. The molecular formula is C23H23FN2O3. The first-order valence-corrected chi connectivity index (χ1v) is 9.88. The van der Waals surface area contributed by atoms with E-state index in [1.165, 1.54) is 24.3 Å². The molecule has 2 aromatic rings. The molecule has 0 radical (unpaired) electrons. The largest absolute Gasteiger partial charge is 0.507 e. The summed E-state index contributed by atoms with van der Waals surface area (Å²) >= 11 is 0. The van der Waals surface area contributed by atoms with Gasteiger partial charge in [0.25, 0.3) is 11.7 Å².